The summed E-state index contributed by atoms with van der Waals surface area (Å²) < 4.78 is 47.8. The average molecular weight is 1090 g/mol. The maximum atomic E-state index is 14.0. The third kappa shape index (κ3) is 20.7. The molecule has 434 valence electrons. The van der Waals surface area contributed by atoms with Gasteiger partial charge in [0, 0.05) is 38.7 Å². The minimum absolute atomic E-state index is 0.00124. The highest BCUT2D eigenvalue weighted by Gasteiger charge is 2.57. The second kappa shape index (κ2) is 25.6. The van der Waals surface area contributed by atoms with Gasteiger partial charge in [-0.3, -0.25) is 4.79 Å². The molecule has 2 heterocycles. The number of aliphatic hydroxyl groups excluding tert-OH is 3. The van der Waals surface area contributed by atoms with Gasteiger partial charge in [-0.1, -0.05) is 20.8 Å². The van der Waals surface area contributed by atoms with Gasteiger partial charge in [0.1, 0.15) is 58.2 Å². The zero-order chi connectivity index (χ0) is 57.4. The molecular weight excluding hydrogens is 997 g/mol. The van der Waals surface area contributed by atoms with E-state index in [0.29, 0.717) is 18.9 Å². The van der Waals surface area contributed by atoms with Crippen molar-refractivity contribution in [3.8, 4) is 0 Å². The monoisotopic (exact) mass is 1090 g/mol. The summed E-state index contributed by atoms with van der Waals surface area (Å²) in [5.41, 5.74) is -5.51. The molecule has 12 atom stereocenters. The number of carbonyl (C=O) groups excluding carboxylic acids is 5. The van der Waals surface area contributed by atoms with Crippen molar-refractivity contribution in [2.24, 2.45) is 5.92 Å². The molecule has 0 aromatic carbocycles. The van der Waals surface area contributed by atoms with Gasteiger partial charge in [0.25, 0.3) is 0 Å². The third-order valence-electron chi connectivity index (χ3n) is 12.9. The molecule has 3 aliphatic rings. The van der Waals surface area contributed by atoms with Crippen molar-refractivity contribution in [3.63, 3.8) is 0 Å². The quantitative estimate of drug-likeness (QED) is 0.0558. The highest BCUT2D eigenvalue weighted by atomic mass is 28.4. The molecule has 2 aliphatic heterocycles. The van der Waals surface area contributed by atoms with Crippen LogP contribution in [0.25, 0.3) is 0 Å². The fraction of sp³-hybridized carbons (Fsp3) is 0.863. The Morgan fingerprint density at radius 2 is 1.31 bits per heavy atom. The van der Waals surface area contributed by atoms with Crippen LogP contribution >= 0.6 is 0 Å². The first-order chi connectivity index (χ1) is 34.0. The first-order valence-corrected chi connectivity index (χ1v) is 28.9. The molecule has 1 aliphatic carbocycles. The molecule has 3 rings (SSSR count). The van der Waals surface area contributed by atoms with Crippen LogP contribution in [0.2, 0.25) is 18.1 Å². The van der Waals surface area contributed by atoms with E-state index in [1.54, 1.807) is 89.2 Å². The Balaban J connectivity index is 2.16. The van der Waals surface area contributed by atoms with E-state index in [2.05, 4.69) is 60.4 Å². The molecule has 23 nitrogen and oxygen atoms in total. The first-order valence-electron chi connectivity index (χ1n) is 26.0. The molecule has 0 bridgehead atoms. The van der Waals surface area contributed by atoms with Crippen molar-refractivity contribution in [2.75, 3.05) is 39.9 Å². The van der Waals surface area contributed by atoms with Crippen LogP contribution in [0.5, 0.6) is 0 Å². The van der Waals surface area contributed by atoms with Crippen LogP contribution in [0.3, 0.4) is 0 Å². The van der Waals surface area contributed by atoms with Crippen molar-refractivity contribution >= 4 is 38.6 Å². The Bertz CT molecular complexity index is 1960. The van der Waals surface area contributed by atoms with E-state index in [0.717, 1.165) is 4.90 Å². The van der Waals surface area contributed by atoms with Gasteiger partial charge in [-0.25, -0.2) is 19.2 Å². The van der Waals surface area contributed by atoms with Crippen molar-refractivity contribution in [1.29, 1.82) is 0 Å². The lowest BCUT2D eigenvalue weighted by molar-refractivity contribution is -0.305. The van der Waals surface area contributed by atoms with E-state index in [-0.39, 0.29) is 37.4 Å². The van der Waals surface area contributed by atoms with Gasteiger partial charge in [-0.15, -0.1) is 0 Å². The number of amides is 5. The summed E-state index contributed by atoms with van der Waals surface area (Å²) in [5, 5.41) is 62.1. The number of likely N-dealkylation sites (N-methyl/N-ethyl adjacent to an activating group) is 1. The molecule has 0 aromatic heterocycles. The molecule has 0 spiro atoms. The Labute approximate surface area is 445 Å². The summed E-state index contributed by atoms with van der Waals surface area (Å²) in [7, 11) is -0.722. The summed E-state index contributed by atoms with van der Waals surface area (Å²) in [4.78, 5) is 68.2. The SMILES string of the molecule is CN(C(=O)OC(C)(C)C)[C@@H]1[C@@H](O)[C@@H](O[C@H]2[C@H](NC(=O)[C@@H](O)CCNC(=O)OC(C)(C)C)C[C@H](NC(=O)OC(C)(C)C)C([C@H]3OC(CNCCO[Si](C)(C)C(C)(C)C)=CC[C@H]3NC(=O)OC(C)(C)C)[C@@H]2O)OC[C@]1(C)O. The fourth-order valence-electron chi connectivity index (χ4n) is 8.53. The highest BCUT2D eigenvalue weighted by Crippen LogP contribution is 2.40. The van der Waals surface area contributed by atoms with E-state index in [4.69, 9.17) is 37.6 Å². The number of carbonyl (C=O) groups is 5. The molecule has 9 N–H and O–H groups in total. The number of ether oxygens (including phenoxy) is 7. The number of nitrogens with zero attached hydrogens (tertiary/aromatic N) is 1. The van der Waals surface area contributed by atoms with Crippen molar-refractivity contribution in [3.05, 3.63) is 11.8 Å². The van der Waals surface area contributed by atoms with Crippen LogP contribution in [-0.4, -0.2) is 193 Å². The molecule has 1 unspecified atom stereocenters. The van der Waals surface area contributed by atoms with Crippen LogP contribution in [-0.2, 0) is 42.4 Å². The van der Waals surface area contributed by atoms with Gasteiger partial charge in [0.2, 0.25) is 5.91 Å². The lowest BCUT2D eigenvalue weighted by Crippen LogP contribution is -2.71. The Hall–Kier alpha value is -4.01. The fourth-order valence-corrected chi connectivity index (χ4v) is 9.58. The van der Waals surface area contributed by atoms with Crippen LogP contribution in [0.4, 0.5) is 19.2 Å². The largest absolute Gasteiger partial charge is 0.491 e. The first kappa shape index (κ1) is 65.3. The Kier molecular flexibility index (Phi) is 22.3. The standard InChI is InChI=1S/C51H94N6O17Si/c1-46(2,3)71-42(62)53-23-22-33(58)40(61)54-32-26-31(56-44(64)73-48(7,8)9)34(35(59)38(32)70-41-36(60)39(51(16,66)28-67-41)57(17)45(65)74-49(10,11)12)37-30(55-43(63)72-47(4,5)6)21-20-29(69-37)27-52-24-25-68-75(18,19)50(13,14)15/h20,30-39,41,52,58-60,66H,21-28H2,1-19H3,(H,53,62)(H,54,61)(H,55,63)(H,56,64)/t30-,31+,32-,33+,34?,35+,36-,37+,38+,39-,41-,51+/m1/s1. The molecule has 1 saturated carbocycles. The maximum Gasteiger partial charge on any atom is 0.410 e. The van der Waals surface area contributed by atoms with Crippen LogP contribution < -0.4 is 26.6 Å². The maximum absolute atomic E-state index is 14.0. The zero-order valence-electron chi connectivity index (χ0n) is 48.1. The van der Waals surface area contributed by atoms with E-state index in [1.807, 2.05) is 0 Å². The van der Waals surface area contributed by atoms with Crippen molar-refractivity contribution in [2.45, 2.75) is 237 Å². The van der Waals surface area contributed by atoms with Gasteiger partial charge in [-0.05, 0) is 133 Å². The van der Waals surface area contributed by atoms with E-state index in [1.165, 1.54) is 14.0 Å². The van der Waals surface area contributed by atoms with Gasteiger partial charge in [0.15, 0.2) is 14.6 Å². The van der Waals surface area contributed by atoms with Gasteiger partial charge in [-0.2, -0.15) is 0 Å². The summed E-state index contributed by atoms with van der Waals surface area (Å²) in [5.74, 6) is -1.74. The highest BCUT2D eigenvalue weighted by molar-refractivity contribution is 6.74. The molecule has 24 heteroatoms. The molecule has 2 fully saturated rings. The smallest absolute Gasteiger partial charge is 0.410 e. The van der Waals surface area contributed by atoms with Gasteiger partial charge >= 0.3 is 24.4 Å². The number of aliphatic hydroxyl groups is 4. The molecule has 5 amide bonds. The van der Waals surface area contributed by atoms with Gasteiger partial charge < -0.3 is 89.5 Å². The number of rotatable bonds is 17. The minimum atomic E-state index is -2.05. The van der Waals surface area contributed by atoms with Crippen molar-refractivity contribution in [1.82, 2.24) is 31.5 Å². The minimum Gasteiger partial charge on any atom is -0.491 e. The second-order valence-electron chi connectivity index (χ2n) is 25.6. The lowest BCUT2D eigenvalue weighted by Gasteiger charge is -2.52. The summed E-state index contributed by atoms with van der Waals surface area (Å²) in [6.45, 7) is 32.7. The van der Waals surface area contributed by atoms with Gasteiger partial charge in [0.05, 0.1) is 37.4 Å². The van der Waals surface area contributed by atoms with Crippen molar-refractivity contribution < 1.29 is 82.0 Å². The van der Waals surface area contributed by atoms with E-state index < -0.39 is 140 Å². The van der Waals surface area contributed by atoms with Crippen LogP contribution in [0.15, 0.2) is 11.8 Å². The Morgan fingerprint density at radius 3 is 1.84 bits per heavy atom. The van der Waals surface area contributed by atoms with Crippen LogP contribution in [0, 0.1) is 5.92 Å². The molecule has 0 aromatic rings. The number of hydrogen-bond donors (Lipinski definition) is 9. The molecule has 1 saturated heterocycles. The number of alkyl carbamates (subject to hydrolysis) is 3. The zero-order valence-corrected chi connectivity index (χ0v) is 49.1. The Morgan fingerprint density at radius 1 is 0.773 bits per heavy atom. The predicted molar refractivity (Wildman–Crippen MR) is 280 cm³/mol. The van der Waals surface area contributed by atoms with E-state index >= 15 is 0 Å². The molecular formula is C51H94N6O17Si. The normalized spacial score (nSPS) is 28.3. The average Bonchev–Trinajstić information content (AvgIpc) is 3.20. The summed E-state index contributed by atoms with van der Waals surface area (Å²) in [6.07, 6.45) is -11.7. The second-order valence-corrected chi connectivity index (χ2v) is 30.4. The number of hydrogen-bond acceptors (Lipinski definition) is 18. The summed E-state index contributed by atoms with van der Waals surface area (Å²) in [6, 6.07) is -4.78. The lowest BCUT2D eigenvalue weighted by atomic mass is 9.72. The topological polar surface area (TPSA) is 304 Å². The molecule has 0 radical (unpaired) electrons. The third-order valence-corrected chi connectivity index (χ3v) is 17.4. The number of nitrogens with one attached hydrogen (secondary N) is 5. The van der Waals surface area contributed by atoms with Crippen LogP contribution in [0.1, 0.15) is 130 Å². The summed E-state index contributed by atoms with van der Waals surface area (Å²) >= 11 is 0. The van der Waals surface area contributed by atoms with E-state index in [9.17, 15) is 44.4 Å². The molecule has 75 heavy (non-hydrogen) atoms. The predicted octanol–water partition coefficient (Wildman–Crippen LogP) is 4.29.